The van der Waals surface area contributed by atoms with Crippen LogP contribution in [0.2, 0.25) is 0 Å². The topological polar surface area (TPSA) is 461 Å². The van der Waals surface area contributed by atoms with E-state index in [-0.39, 0.29) is 63.2 Å². The molecule has 15 N–H and O–H groups in total. The molecule has 0 bridgehead atoms. The molecule has 3 aliphatic rings. The molecule has 598 valence electrons. The number of cyclic esters (lactones) is 1. The molecule has 0 aromatic heterocycles. The van der Waals surface area contributed by atoms with Crippen LogP contribution in [0.3, 0.4) is 0 Å². The molecule has 16 atom stereocenters. The third kappa shape index (κ3) is 24.4. The first-order chi connectivity index (χ1) is 50.9. The minimum atomic E-state index is -1.83. The number of carbonyl (C=O) groups excluding carboxylic acids is 14. The SMILES string of the molecule is C/C=C1\NC(=O)[C@H](Cc2ccccc2)NC(=O)[C@@H](C(C)C)NC(=O)[C@@H]([C@@H](C)CC)NC(=O)[C@H](NC(=O)[C@H](NC(=O)[C@H](CCCN)NC(=O)[C@H]2CCCN2C(=O)[C@H](NC(=O)[C@@H](NC(=O)[C@@H](NC(=O)[C@H](NC(=O)c2ccc3c(c2)OCO3)C(C)C)[C@@H](C)O)C(C)C)C(C)C)[C@@H](C)CC)[C@@H](C)OC(=O)[C@H](C(C)C)NC1=O. The maximum atomic E-state index is 15.1. The van der Waals surface area contributed by atoms with Crippen LogP contribution < -0.4 is 79.0 Å². The molecule has 2 aromatic carbocycles. The van der Waals surface area contributed by atoms with Crippen molar-refractivity contribution in [3.63, 3.8) is 0 Å². The summed E-state index contributed by atoms with van der Waals surface area (Å²) in [6, 6.07) is -3.51. The Morgan fingerprint density at radius 2 is 1.19 bits per heavy atom. The monoisotopic (exact) mass is 1510 g/mol. The summed E-state index contributed by atoms with van der Waals surface area (Å²) >= 11 is 0. The van der Waals surface area contributed by atoms with Crippen LogP contribution in [0, 0.1) is 41.4 Å². The Hall–Kier alpha value is -9.72. The lowest BCUT2D eigenvalue weighted by Gasteiger charge is -2.33. The van der Waals surface area contributed by atoms with Gasteiger partial charge < -0.3 is 93.8 Å². The number of carbonyl (C=O) groups is 14. The molecular weight excluding hydrogens is 1400 g/mol. The van der Waals surface area contributed by atoms with Crippen molar-refractivity contribution in [2.45, 2.75) is 247 Å². The number of likely N-dealkylation sites (tertiary alicyclic amines) is 1. The van der Waals surface area contributed by atoms with Gasteiger partial charge in [0.1, 0.15) is 84.3 Å². The third-order valence-electron chi connectivity index (χ3n) is 19.7. The highest BCUT2D eigenvalue weighted by molar-refractivity contribution is 6.03. The number of nitrogens with one attached hydrogen (secondary N) is 12. The fraction of sp³-hybridized carbons (Fsp3) is 0.632. The molecule has 0 radical (unpaired) electrons. The molecule has 13 amide bonds. The summed E-state index contributed by atoms with van der Waals surface area (Å²) in [6.07, 6.45) is -0.709. The van der Waals surface area contributed by atoms with E-state index in [1.165, 1.54) is 43.9 Å². The van der Waals surface area contributed by atoms with Gasteiger partial charge in [-0.05, 0) is 118 Å². The number of rotatable bonds is 30. The van der Waals surface area contributed by atoms with E-state index >= 15 is 9.59 Å². The summed E-state index contributed by atoms with van der Waals surface area (Å²) in [5, 5.41) is 43.1. The normalized spacial score (nSPS) is 22.5. The lowest BCUT2D eigenvalue weighted by Crippen LogP contribution is -2.64. The summed E-state index contributed by atoms with van der Waals surface area (Å²) in [4.78, 5) is 203. The molecule has 32 heteroatoms. The fourth-order valence-corrected chi connectivity index (χ4v) is 12.5. The van der Waals surface area contributed by atoms with Crippen LogP contribution in [0.1, 0.15) is 172 Å². The summed E-state index contributed by atoms with van der Waals surface area (Å²) in [7, 11) is 0. The number of amides is 13. The van der Waals surface area contributed by atoms with Crippen molar-refractivity contribution in [3.05, 3.63) is 71.4 Å². The van der Waals surface area contributed by atoms with Gasteiger partial charge in [-0.3, -0.25) is 62.3 Å². The van der Waals surface area contributed by atoms with Gasteiger partial charge in [-0.15, -0.1) is 0 Å². The standard InChI is InChI=1S/C76H116N14O18/c1-18-42(14)59(72(101)89-62-45(17)108-76(105)58(41(12)13)85-64(93)48(20-3)78-66(95)50(34-46-26-22-21-23-27-46)80-68(97)54(37(4)5)82-71(100)60(43(15)19-2)87-74(62)103)86-65(94)49(28-24-32-77)79-67(96)51-29-25-33-90(51)75(104)57(40(10)11)84-69(98)56(39(8)9)83-73(102)61(44(16)91)88-70(99)55(38(6)7)81-63(92)47-30-31-52-53(35-47)107-36-106-52/h20-23,26-27,30-31,35,37-45,49-51,54-62,91H,18-19,24-25,28-29,32-34,36,77H2,1-17H3,(H,78,95)(H,79,96)(H,80,97)(H,81,92)(H,82,100)(H,83,102)(H,84,98)(H,85,93)(H,86,94)(H,87,103)(H,88,99)(H,89,101)/b48-20-/t42-,43-,44+,45+,49-,50-,51+,54+,55+,56-,57+,58-,59+,60+,61-,62+/m0/s1. The molecular formula is C76H116N14O18. The maximum Gasteiger partial charge on any atom is 0.329 e. The largest absolute Gasteiger partial charge is 0.458 e. The zero-order valence-electron chi connectivity index (χ0n) is 65.3. The average molecular weight is 1510 g/mol. The Bertz CT molecular complexity index is 3550. The van der Waals surface area contributed by atoms with Crippen molar-refractivity contribution in [2.75, 3.05) is 19.9 Å². The lowest BCUT2D eigenvalue weighted by molar-refractivity contribution is -0.157. The van der Waals surface area contributed by atoms with E-state index in [4.69, 9.17) is 19.9 Å². The molecule has 2 saturated heterocycles. The minimum Gasteiger partial charge on any atom is -0.458 e. The molecule has 2 aromatic rings. The van der Waals surface area contributed by atoms with Crippen LogP contribution in [-0.4, -0.2) is 197 Å². The van der Waals surface area contributed by atoms with E-state index in [0.717, 1.165) is 0 Å². The highest BCUT2D eigenvalue weighted by Crippen LogP contribution is 2.33. The number of aliphatic hydroxyl groups is 1. The van der Waals surface area contributed by atoms with Gasteiger partial charge in [0.15, 0.2) is 11.5 Å². The highest BCUT2D eigenvalue weighted by Gasteiger charge is 2.45. The van der Waals surface area contributed by atoms with Crippen LogP contribution in [0.5, 0.6) is 11.5 Å². The molecule has 3 heterocycles. The Morgan fingerprint density at radius 1 is 0.620 bits per heavy atom. The van der Waals surface area contributed by atoms with Gasteiger partial charge in [0.25, 0.3) is 11.8 Å². The second kappa shape index (κ2) is 41.6. The maximum absolute atomic E-state index is 15.1. The number of benzene rings is 2. The summed E-state index contributed by atoms with van der Waals surface area (Å²) in [6.45, 7) is 27.4. The van der Waals surface area contributed by atoms with Crippen molar-refractivity contribution in [1.82, 2.24) is 68.7 Å². The fourth-order valence-electron chi connectivity index (χ4n) is 12.5. The van der Waals surface area contributed by atoms with E-state index in [1.54, 1.807) is 133 Å². The van der Waals surface area contributed by atoms with E-state index < -0.39 is 209 Å². The minimum absolute atomic E-state index is 0.0248. The molecule has 0 unspecified atom stereocenters. The van der Waals surface area contributed by atoms with Crippen molar-refractivity contribution < 1.29 is 86.4 Å². The van der Waals surface area contributed by atoms with Crippen LogP contribution in [-0.2, 0) is 73.5 Å². The second-order valence-corrected chi connectivity index (χ2v) is 29.9. The molecule has 0 aliphatic carbocycles. The number of nitrogens with two attached hydrogens (primary N) is 1. The first kappa shape index (κ1) is 88.9. The van der Waals surface area contributed by atoms with Crippen molar-refractivity contribution >= 4 is 82.8 Å². The Kier molecular flexibility index (Phi) is 34.2. The van der Waals surface area contributed by atoms with Crippen LogP contribution in [0.4, 0.5) is 0 Å². The predicted molar refractivity (Wildman–Crippen MR) is 399 cm³/mol. The molecule has 2 fully saturated rings. The number of allylic oxidation sites excluding steroid dienone is 1. The number of hydrogen-bond acceptors (Lipinski definition) is 19. The zero-order valence-corrected chi connectivity index (χ0v) is 65.3. The molecule has 108 heavy (non-hydrogen) atoms. The smallest absolute Gasteiger partial charge is 0.329 e. The first-order valence-electron chi connectivity index (χ1n) is 37.5. The number of hydrogen-bond donors (Lipinski definition) is 14. The summed E-state index contributed by atoms with van der Waals surface area (Å²) < 4.78 is 16.7. The van der Waals surface area contributed by atoms with Crippen LogP contribution in [0.25, 0.3) is 0 Å². The summed E-state index contributed by atoms with van der Waals surface area (Å²) in [5.74, 6) is -15.4. The van der Waals surface area contributed by atoms with E-state index in [9.17, 15) is 62.6 Å². The molecule has 0 saturated carbocycles. The molecule has 3 aliphatic heterocycles. The quantitative estimate of drug-likeness (QED) is 0.0384. The number of nitrogens with zero attached hydrogens (tertiary/aromatic N) is 1. The van der Waals surface area contributed by atoms with Gasteiger partial charge in [0.05, 0.1) is 6.10 Å². The van der Waals surface area contributed by atoms with Crippen molar-refractivity contribution in [1.29, 1.82) is 0 Å². The van der Waals surface area contributed by atoms with E-state index in [0.29, 0.717) is 29.9 Å². The van der Waals surface area contributed by atoms with Crippen molar-refractivity contribution in [2.24, 2.45) is 47.2 Å². The second-order valence-electron chi connectivity index (χ2n) is 29.9. The number of fused-ring (bicyclic) bond motifs is 1. The number of ether oxygens (including phenoxy) is 3. The number of esters is 1. The van der Waals surface area contributed by atoms with Gasteiger partial charge in [0.2, 0.25) is 71.8 Å². The van der Waals surface area contributed by atoms with Gasteiger partial charge in [-0.25, -0.2) is 4.79 Å². The number of aliphatic hydroxyl groups excluding tert-OH is 1. The van der Waals surface area contributed by atoms with Gasteiger partial charge in [0, 0.05) is 18.5 Å². The van der Waals surface area contributed by atoms with Gasteiger partial charge in [-0.2, -0.15) is 0 Å². The van der Waals surface area contributed by atoms with Crippen molar-refractivity contribution in [3.8, 4) is 11.5 Å². The molecule has 32 nitrogen and oxygen atoms in total. The van der Waals surface area contributed by atoms with E-state index in [2.05, 4.69) is 63.8 Å². The molecule has 5 rings (SSSR count). The average Bonchev–Trinajstić information content (AvgIpc) is 1.61. The molecule has 0 spiro atoms. The van der Waals surface area contributed by atoms with Gasteiger partial charge >= 0.3 is 5.97 Å². The van der Waals surface area contributed by atoms with Crippen LogP contribution in [0.15, 0.2) is 60.3 Å². The lowest BCUT2D eigenvalue weighted by atomic mass is 9.95. The Balaban J connectivity index is 1.38. The third-order valence-corrected chi connectivity index (χ3v) is 19.7. The predicted octanol–water partition coefficient (Wildman–Crippen LogP) is 1.05. The Labute approximate surface area is 632 Å². The highest BCUT2D eigenvalue weighted by atomic mass is 16.7. The first-order valence-corrected chi connectivity index (χ1v) is 37.5. The van der Waals surface area contributed by atoms with E-state index in [1.807, 2.05) is 0 Å². The zero-order chi connectivity index (χ0) is 80.7. The van der Waals surface area contributed by atoms with Gasteiger partial charge in [-0.1, -0.05) is 146 Å². The van der Waals surface area contributed by atoms with Crippen LogP contribution >= 0.6 is 0 Å². The summed E-state index contributed by atoms with van der Waals surface area (Å²) in [5.41, 5.74) is 6.51. The Morgan fingerprint density at radius 3 is 1.76 bits per heavy atom.